The van der Waals surface area contributed by atoms with Crippen LogP contribution in [-0.2, 0) is 0 Å². The van der Waals surface area contributed by atoms with Gasteiger partial charge in [-0.15, -0.1) is 0 Å². The van der Waals surface area contributed by atoms with E-state index in [4.69, 9.17) is 4.74 Å². The molecule has 0 radical (unpaired) electrons. The van der Waals surface area contributed by atoms with Crippen LogP contribution in [0, 0.1) is 25.2 Å². The molecule has 0 aliphatic carbocycles. The Balaban J connectivity index is 2.10. The molecule has 0 aliphatic heterocycles. The molecule has 2 N–H and O–H groups in total. The minimum absolute atomic E-state index is 0.0212. The lowest BCUT2D eigenvalue weighted by Crippen LogP contribution is -1.88. The maximum Gasteiger partial charge on any atom is 0.172 e. The van der Waals surface area contributed by atoms with Crippen molar-refractivity contribution in [2.45, 2.75) is 13.8 Å². The number of H-pyrrole nitrogens is 1. The number of aromatic nitrogens is 2. The van der Waals surface area contributed by atoms with Gasteiger partial charge in [0.1, 0.15) is 11.9 Å². The zero-order valence-electron chi connectivity index (χ0n) is 14.0. The number of aromatic amines is 1. The molecule has 1 heterocycles. The van der Waals surface area contributed by atoms with Gasteiger partial charge in [0.25, 0.3) is 0 Å². The predicted octanol–water partition coefficient (Wildman–Crippen LogP) is 4.72. The van der Waals surface area contributed by atoms with E-state index in [9.17, 15) is 10.4 Å². The molecule has 2 aromatic carbocycles. The summed E-state index contributed by atoms with van der Waals surface area (Å²) in [5.41, 5.74) is 5.14. The average molecular weight is 398 g/mol. The number of nitrogens with zero attached hydrogens (tertiary/aromatic N) is 2. The molecule has 6 heteroatoms. The number of methoxy groups -OCH3 is 1. The summed E-state index contributed by atoms with van der Waals surface area (Å²) in [7, 11) is 1.48. The first-order valence-electron chi connectivity index (χ1n) is 7.58. The van der Waals surface area contributed by atoms with Crippen LogP contribution in [0.25, 0.3) is 22.7 Å². The second-order valence-corrected chi connectivity index (χ2v) is 6.62. The zero-order chi connectivity index (χ0) is 18.1. The Hall–Kier alpha value is -2.78. The van der Waals surface area contributed by atoms with E-state index in [2.05, 4.69) is 32.0 Å². The Labute approximate surface area is 153 Å². The topological polar surface area (TPSA) is 81.9 Å². The maximum atomic E-state index is 9.90. The van der Waals surface area contributed by atoms with Crippen molar-refractivity contribution in [1.82, 2.24) is 9.97 Å². The number of ether oxygens (including phenoxy) is 1. The molecule has 126 valence electrons. The molecule has 0 saturated carbocycles. The number of fused-ring (bicyclic) bond motifs is 1. The van der Waals surface area contributed by atoms with E-state index in [0.717, 1.165) is 22.2 Å². The summed E-state index contributed by atoms with van der Waals surface area (Å²) in [6, 6.07) is 9.58. The van der Waals surface area contributed by atoms with Gasteiger partial charge in [-0.25, -0.2) is 4.98 Å². The van der Waals surface area contributed by atoms with E-state index >= 15 is 0 Å². The number of nitriles is 1. The molecule has 0 bridgehead atoms. The number of halogens is 1. The van der Waals surface area contributed by atoms with Gasteiger partial charge in [-0.05, 0) is 76.8 Å². The van der Waals surface area contributed by atoms with Crippen molar-refractivity contribution >= 4 is 38.6 Å². The lowest BCUT2D eigenvalue weighted by molar-refractivity contribution is 0.372. The molecule has 3 aromatic rings. The minimum atomic E-state index is 0.0212. The Bertz CT molecular complexity index is 1010. The highest BCUT2D eigenvalue weighted by Crippen LogP contribution is 2.36. The molecule has 5 nitrogen and oxygen atoms in total. The molecular weight excluding hydrogens is 382 g/mol. The first kappa shape index (κ1) is 17.1. The number of allylic oxidation sites excluding steroid dienone is 1. The first-order valence-corrected chi connectivity index (χ1v) is 8.38. The van der Waals surface area contributed by atoms with Crippen LogP contribution in [-0.4, -0.2) is 22.2 Å². The van der Waals surface area contributed by atoms with E-state index in [-0.39, 0.29) is 5.75 Å². The fraction of sp³-hybridized carbons (Fsp3) is 0.158. The number of aryl methyl sites for hydroxylation is 2. The Morgan fingerprint density at radius 2 is 2.00 bits per heavy atom. The summed E-state index contributed by atoms with van der Waals surface area (Å²) in [5, 5.41) is 19.5. The van der Waals surface area contributed by atoms with Crippen LogP contribution in [0.1, 0.15) is 22.5 Å². The molecule has 0 aliphatic rings. The van der Waals surface area contributed by atoms with Crippen LogP contribution in [0.15, 0.2) is 28.7 Å². The van der Waals surface area contributed by atoms with Gasteiger partial charge in [0, 0.05) is 0 Å². The SMILES string of the molecule is COc1cc(/C=C(\C#N)c2nc3cc(C)c(C)cc3[nH]2)cc(Br)c1O. The summed E-state index contributed by atoms with van der Waals surface area (Å²) in [4.78, 5) is 7.72. The fourth-order valence-corrected chi connectivity index (χ4v) is 3.01. The summed E-state index contributed by atoms with van der Waals surface area (Å²) in [5.74, 6) is 0.854. The Morgan fingerprint density at radius 3 is 2.68 bits per heavy atom. The monoisotopic (exact) mass is 397 g/mol. The van der Waals surface area contributed by atoms with Crippen LogP contribution in [0.2, 0.25) is 0 Å². The second kappa shape index (κ2) is 6.61. The smallest absolute Gasteiger partial charge is 0.172 e. The highest BCUT2D eigenvalue weighted by Gasteiger charge is 2.12. The van der Waals surface area contributed by atoms with E-state index in [1.54, 1.807) is 18.2 Å². The van der Waals surface area contributed by atoms with Crippen molar-refractivity contribution in [2.75, 3.05) is 7.11 Å². The molecule has 0 spiro atoms. The van der Waals surface area contributed by atoms with Crippen molar-refractivity contribution in [3.05, 3.63) is 51.3 Å². The third-order valence-corrected chi connectivity index (χ3v) is 4.66. The van der Waals surface area contributed by atoms with Crippen molar-refractivity contribution in [2.24, 2.45) is 0 Å². The lowest BCUT2D eigenvalue weighted by Gasteiger charge is -2.06. The molecule has 0 amide bonds. The number of imidazole rings is 1. The molecule has 0 atom stereocenters. The molecule has 0 saturated heterocycles. The Kier molecular flexibility index (Phi) is 4.51. The van der Waals surface area contributed by atoms with Gasteiger partial charge >= 0.3 is 0 Å². The molecule has 0 unspecified atom stereocenters. The van der Waals surface area contributed by atoms with E-state index < -0.39 is 0 Å². The van der Waals surface area contributed by atoms with Crippen molar-refractivity contribution in [3.63, 3.8) is 0 Å². The van der Waals surface area contributed by atoms with Crippen LogP contribution >= 0.6 is 15.9 Å². The summed E-state index contributed by atoms with van der Waals surface area (Å²) >= 11 is 3.28. The largest absolute Gasteiger partial charge is 0.503 e. The minimum Gasteiger partial charge on any atom is -0.503 e. The molecule has 3 rings (SSSR count). The van der Waals surface area contributed by atoms with Gasteiger partial charge in [-0.2, -0.15) is 5.26 Å². The van der Waals surface area contributed by atoms with Crippen molar-refractivity contribution in [1.29, 1.82) is 5.26 Å². The quantitative estimate of drug-likeness (QED) is 0.626. The number of aromatic hydroxyl groups is 1. The number of phenolic OH excluding ortho intramolecular Hbond substituents is 1. The molecular formula is C19H16BrN3O2. The predicted molar refractivity (Wildman–Crippen MR) is 101 cm³/mol. The van der Waals surface area contributed by atoms with Crippen LogP contribution in [0.4, 0.5) is 0 Å². The molecule has 1 aromatic heterocycles. The average Bonchev–Trinajstić information content (AvgIpc) is 2.98. The Morgan fingerprint density at radius 1 is 1.28 bits per heavy atom. The van der Waals surface area contributed by atoms with Gasteiger partial charge in [-0.1, -0.05) is 0 Å². The molecule has 25 heavy (non-hydrogen) atoms. The normalized spacial score (nSPS) is 11.6. The zero-order valence-corrected chi connectivity index (χ0v) is 15.6. The van der Waals surface area contributed by atoms with E-state index in [0.29, 0.717) is 27.2 Å². The first-order chi connectivity index (χ1) is 11.9. The van der Waals surface area contributed by atoms with Crippen molar-refractivity contribution in [3.8, 4) is 17.6 Å². The number of hydrogen-bond acceptors (Lipinski definition) is 4. The number of hydrogen-bond donors (Lipinski definition) is 2. The van der Waals surface area contributed by atoms with Gasteiger partial charge < -0.3 is 14.8 Å². The summed E-state index contributed by atoms with van der Waals surface area (Å²) in [6.45, 7) is 4.07. The van der Waals surface area contributed by atoms with Crippen molar-refractivity contribution < 1.29 is 9.84 Å². The summed E-state index contributed by atoms with van der Waals surface area (Å²) in [6.07, 6.45) is 1.70. The highest BCUT2D eigenvalue weighted by atomic mass is 79.9. The van der Waals surface area contributed by atoms with Gasteiger partial charge in [0.2, 0.25) is 0 Å². The van der Waals surface area contributed by atoms with Crippen LogP contribution < -0.4 is 4.74 Å². The third kappa shape index (κ3) is 3.24. The number of benzene rings is 2. The standard InChI is InChI=1S/C19H16BrN3O2/c1-10-4-15-16(5-11(10)2)23-19(22-15)13(9-21)6-12-7-14(20)18(24)17(8-12)25-3/h4-8,24H,1-3H3,(H,22,23)/b13-6+. The maximum absolute atomic E-state index is 9.90. The van der Waals surface area contributed by atoms with Crippen LogP contribution in [0.5, 0.6) is 11.5 Å². The number of phenols is 1. The lowest BCUT2D eigenvalue weighted by atomic mass is 10.1. The van der Waals surface area contributed by atoms with Gasteiger partial charge in [0.05, 0.1) is 28.2 Å². The summed E-state index contributed by atoms with van der Waals surface area (Å²) < 4.78 is 5.64. The number of nitrogens with one attached hydrogen (secondary N) is 1. The number of rotatable bonds is 3. The molecule has 0 fully saturated rings. The van der Waals surface area contributed by atoms with Gasteiger partial charge in [-0.3, -0.25) is 0 Å². The third-order valence-electron chi connectivity index (χ3n) is 4.05. The van der Waals surface area contributed by atoms with E-state index in [1.165, 1.54) is 7.11 Å². The fourth-order valence-electron chi connectivity index (χ4n) is 2.55. The van der Waals surface area contributed by atoms with Gasteiger partial charge in [0.15, 0.2) is 11.5 Å². The van der Waals surface area contributed by atoms with E-state index in [1.807, 2.05) is 26.0 Å². The van der Waals surface area contributed by atoms with Crippen LogP contribution in [0.3, 0.4) is 0 Å². The highest BCUT2D eigenvalue weighted by molar-refractivity contribution is 9.10. The second-order valence-electron chi connectivity index (χ2n) is 5.76.